The smallest absolute Gasteiger partial charge is 0.244 e. The maximum Gasteiger partial charge on any atom is 0.245 e. The molecule has 0 saturated heterocycles. The molecule has 0 radical (unpaired) electrons. The van der Waals surface area contributed by atoms with E-state index in [1.807, 2.05) is 33.8 Å². The lowest BCUT2D eigenvalue weighted by Crippen LogP contribution is -2.37. The number of hydrogen-bond donors (Lipinski definition) is 0. The lowest BCUT2D eigenvalue weighted by atomic mass is 10.2. The fraction of sp³-hybridized carbons (Fsp3) is 0.571. The van der Waals surface area contributed by atoms with E-state index in [4.69, 9.17) is 5.26 Å². The summed E-state index contributed by atoms with van der Waals surface area (Å²) in [5.41, 5.74) is -0.0509. The monoisotopic (exact) mass is 295 g/mol. The highest BCUT2D eigenvalue weighted by Gasteiger charge is 2.28. The Morgan fingerprint density at radius 3 is 2.25 bits per heavy atom. The number of nitriles is 1. The molecule has 0 aliphatic heterocycles. The highest BCUT2D eigenvalue weighted by Crippen LogP contribution is 2.20. The summed E-state index contributed by atoms with van der Waals surface area (Å²) in [5.74, 6) is 0.427. The largest absolute Gasteiger partial charge is 0.245 e. The molecule has 1 aromatic rings. The molecule has 0 aliphatic rings. The summed E-state index contributed by atoms with van der Waals surface area (Å²) in [7, 11) is -3.69. The predicted octanol–water partition coefficient (Wildman–Crippen LogP) is 2.26. The first kappa shape index (κ1) is 16.6. The Hall–Kier alpha value is -1.45. The molecule has 1 aromatic heterocycles. The SMILES string of the molecule is CC(C)CN(CC(C)C)S(=O)(=O)c1cccnc1C#N. The van der Waals surface area contributed by atoms with Crippen molar-refractivity contribution in [2.24, 2.45) is 11.8 Å². The molecule has 0 aliphatic carbocycles. The molecule has 0 atom stereocenters. The number of rotatable bonds is 6. The molecule has 0 amide bonds. The predicted molar refractivity (Wildman–Crippen MR) is 77.4 cm³/mol. The minimum Gasteiger partial charge on any atom is -0.244 e. The molecule has 0 N–H and O–H groups in total. The fourth-order valence-electron chi connectivity index (χ4n) is 1.91. The average Bonchev–Trinajstić information content (AvgIpc) is 2.36. The summed E-state index contributed by atoms with van der Waals surface area (Å²) >= 11 is 0. The summed E-state index contributed by atoms with van der Waals surface area (Å²) in [6.45, 7) is 8.74. The van der Waals surface area contributed by atoms with Crippen LogP contribution in [0.5, 0.6) is 0 Å². The third-order valence-electron chi connectivity index (χ3n) is 2.63. The van der Waals surface area contributed by atoms with Crippen LogP contribution in [0.4, 0.5) is 0 Å². The number of hydrogen-bond acceptors (Lipinski definition) is 4. The van der Waals surface area contributed by atoms with Gasteiger partial charge in [0, 0.05) is 19.3 Å². The average molecular weight is 295 g/mol. The number of sulfonamides is 1. The van der Waals surface area contributed by atoms with Crippen molar-refractivity contribution in [2.45, 2.75) is 32.6 Å². The molecule has 0 saturated carbocycles. The first-order chi connectivity index (χ1) is 9.28. The zero-order chi connectivity index (χ0) is 15.3. The molecule has 20 heavy (non-hydrogen) atoms. The van der Waals surface area contributed by atoms with Crippen molar-refractivity contribution in [2.75, 3.05) is 13.1 Å². The topological polar surface area (TPSA) is 74.1 Å². The van der Waals surface area contributed by atoms with E-state index in [0.717, 1.165) is 0 Å². The van der Waals surface area contributed by atoms with Crippen molar-refractivity contribution >= 4 is 10.0 Å². The quantitative estimate of drug-likeness (QED) is 0.806. The molecule has 1 rings (SSSR count). The van der Waals surface area contributed by atoms with Crippen LogP contribution >= 0.6 is 0 Å². The molecular formula is C14H21N3O2S. The lowest BCUT2D eigenvalue weighted by Gasteiger charge is -2.25. The van der Waals surface area contributed by atoms with Crippen LogP contribution in [0, 0.1) is 23.2 Å². The summed E-state index contributed by atoms with van der Waals surface area (Å²) in [6, 6.07) is 4.82. The minimum absolute atomic E-state index is 0.0104. The van der Waals surface area contributed by atoms with Gasteiger partial charge in [0.25, 0.3) is 0 Å². The summed E-state index contributed by atoms with van der Waals surface area (Å²) in [4.78, 5) is 3.83. The van der Waals surface area contributed by atoms with Gasteiger partial charge in [0.15, 0.2) is 5.69 Å². The molecular weight excluding hydrogens is 274 g/mol. The van der Waals surface area contributed by atoms with Gasteiger partial charge in [0.1, 0.15) is 11.0 Å². The first-order valence-corrected chi connectivity index (χ1v) is 8.08. The molecule has 1 heterocycles. The third-order valence-corrected chi connectivity index (χ3v) is 4.50. The molecule has 0 fully saturated rings. The Morgan fingerprint density at radius 1 is 1.25 bits per heavy atom. The molecule has 5 nitrogen and oxygen atoms in total. The van der Waals surface area contributed by atoms with E-state index >= 15 is 0 Å². The Bertz CT molecular complexity index is 579. The second-order valence-electron chi connectivity index (χ2n) is 5.57. The van der Waals surface area contributed by atoms with Crippen molar-refractivity contribution in [3.8, 4) is 6.07 Å². The Kier molecular flexibility index (Phi) is 5.66. The number of aromatic nitrogens is 1. The van der Waals surface area contributed by atoms with Crippen molar-refractivity contribution in [1.29, 1.82) is 5.26 Å². The first-order valence-electron chi connectivity index (χ1n) is 6.64. The van der Waals surface area contributed by atoms with Crippen LogP contribution in [0.3, 0.4) is 0 Å². The van der Waals surface area contributed by atoms with E-state index in [1.165, 1.54) is 22.6 Å². The van der Waals surface area contributed by atoms with Crippen molar-refractivity contribution in [3.63, 3.8) is 0 Å². The Balaban J connectivity index is 3.26. The minimum atomic E-state index is -3.69. The van der Waals surface area contributed by atoms with Crippen LogP contribution < -0.4 is 0 Å². The summed E-state index contributed by atoms with van der Waals surface area (Å²) in [6.07, 6.45) is 1.42. The van der Waals surface area contributed by atoms with Gasteiger partial charge in [0.05, 0.1) is 0 Å². The van der Waals surface area contributed by atoms with Gasteiger partial charge in [-0.05, 0) is 24.0 Å². The van der Waals surface area contributed by atoms with Crippen LogP contribution in [0.2, 0.25) is 0 Å². The molecule has 110 valence electrons. The maximum atomic E-state index is 12.7. The van der Waals surface area contributed by atoms with E-state index in [9.17, 15) is 8.42 Å². The van der Waals surface area contributed by atoms with Crippen LogP contribution in [-0.2, 0) is 10.0 Å². The maximum absolute atomic E-state index is 12.7. The van der Waals surface area contributed by atoms with Gasteiger partial charge in [-0.25, -0.2) is 13.4 Å². The van der Waals surface area contributed by atoms with Crippen molar-refractivity contribution in [1.82, 2.24) is 9.29 Å². The zero-order valence-corrected chi connectivity index (χ0v) is 13.2. The summed E-state index contributed by atoms with van der Waals surface area (Å²) < 4.78 is 26.9. The van der Waals surface area contributed by atoms with Gasteiger partial charge in [0.2, 0.25) is 10.0 Å². The molecule has 6 heteroatoms. The molecule has 0 bridgehead atoms. The lowest BCUT2D eigenvalue weighted by molar-refractivity contribution is 0.333. The van der Waals surface area contributed by atoms with E-state index < -0.39 is 10.0 Å². The van der Waals surface area contributed by atoms with Crippen LogP contribution in [-0.4, -0.2) is 30.8 Å². The highest BCUT2D eigenvalue weighted by atomic mass is 32.2. The van der Waals surface area contributed by atoms with Crippen LogP contribution in [0.15, 0.2) is 23.2 Å². The normalized spacial score (nSPS) is 12.1. The van der Waals surface area contributed by atoms with Gasteiger partial charge >= 0.3 is 0 Å². The van der Waals surface area contributed by atoms with E-state index in [-0.39, 0.29) is 22.4 Å². The van der Waals surface area contributed by atoms with Crippen molar-refractivity contribution in [3.05, 3.63) is 24.0 Å². The third kappa shape index (κ3) is 4.02. The Labute approximate surface area is 121 Å². The van der Waals surface area contributed by atoms with E-state index in [0.29, 0.717) is 13.1 Å². The fourth-order valence-corrected chi connectivity index (χ4v) is 3.77. The van der Waals surface area contributed by atoms with E-state index in [1.54, 1.807) is 0 Å². The van der Waals surface area contributed by atoms with Crippen molar-refractivity contribution < 1.29 is 8.42 Å². The summed E-state index contributed by atoms with van der Waals surface area (Å²) in [5, 5.41) is 9.03. The van der Waals surface area contributed by atoms with Gasteiger partial charge in [-0.2, -0.15) is 9.57 Å². The van der Waals surface area contributed by atoms with Gasteiger partial charge < -0.3 is 0 Å². The highest BCUT2D eigenvalue weighted by molar-refractivity contribution is 7.89. The Morgan fingerprint density at radius 2 is 1.80 bits per heavy atom. The van der Waals surface area contributed by atoms with E-state index in [2.05, 4.69) is 4.98 Å². The number of nitrogens with zero attached hydrogens (tertiary/aromatic N) is 3. The standard InChI is InChI=1S/C14H21N3O2S/c1-11(2)9-17(10-12(3)4)20(18,19)14-6-5-7-16-13(14)8-15/h5-7,11-12H,9-10H2,1-4H3. The second-order valence-corrected chi connectivity index (χ2v) is 7.48. The molecule has 0 spiro atoms. The van der Waals surface area contributed by atoms with Gasteiger partial charge in [-0.15, -0.1) is 0 Å². The van der Waals surface area contributed by atoms with Gasteiger partial charge in [-0.3, -0.25) is 0 Å². The second kappa shape index (κ2) is 6.82. The number of pyridine rings is 1. The molecule has 0 aromatic carbocycles. The zero-order valence-electron chi connectivity index (χ0n) is 12.4. The van der Waals surface area contributed by atoms with Crippen LogP contribution in [0.25, 0.3) is 0 Å². The van der Waals surface area contributed by atoms with Gasteiger partial charge in [-0.1, -0.05) is 27.7 Å². The molecule has 0 unspecified atom stereocenters. The van der Waals surface area contributed by atoms with Crippen LogP contribution in [0.1, 0.15) is 33.4 Å².